The lowest BCUT2D eigenvalue weighted by atomic mass is 9.95. The monoisotopic (exact) mass is 575 g/mol. The van der Waals surface area contributed by atoms with Gasteiger partial charge in [0.2, 0.25) is 5.91 Å². The molecule has 10 nitrogen and oxygen atoms in total. The highest BCUT2D eigenvalue weighted by Crippen LogP contribution is 2.35. The number of carboxylic acids is 1. The molecule has 2 aromatic carbocycles. The van der Waals surface area contributed by atoms with E-state index in [1.54, 1.807) is 34.8 Å². The number of hydrogen-bond acceptors (Lipinski definition) is 7. The van der Waals surface area contributed by atoms with Crippen LogP contribution in [0.15, 0.2) is 67.3 Å². The lowest BCUT2D eigenvalue weighted by molar-refractivity contribution is -0.146. The van der Waals surface area contributed by atoms with Gasteiger partial charge in [0.25, 0.3) is 0 Å². The predicted molar refractivity (Wildman–Crippen MR) is 158 cm³/mol. The number of carbonyl (C=O) groups excluding carboxylic acids is 2. The molecule has 0 spiro atoms. The molecule has 2 heterocycles. The van der Waals surface area contributed by atoms with E-state index in [2.05, 4.69) is 11.9 Å². The summed E-state index contributed by atoms with van der Waals surface area (Å²) in [5.74, 6) is -0.711. The van der Waals surface area contributed by atoms with Crippen LogP contribution in [-0.2, 0) is 14.3 Å². The number of nitrogens with one attached hydrogen (secondary N) is 1. The van der Waals surface area contributed by atoms with Crippen LogP contribution in [0, 0.1) is 0 Å². The number of amides is 2. The fourth-order valence-electron chi connectivity index (χ4n) is 4.87. The van der Waals surface area contributed by atoms with Crippen LogP contribution < -0.4 is 14.8 Å². The summed E-state index contributed by atoms with van der Waals surface area (Å²) in [5.41, 5.74) is -0.261. The molecule has 0 bridgehead atoms. The SMILES string of the molecule is C=C[C@@](CC)(NC(=O)[C@@H]1C[C@@H](Oc2cc(-c3ccccc3)nc3cc(OC)ccc23)CN1C(=O)OC(C)(C)C)C(=O)O. The summed E-state index contributed by atoms with van der Waals surface area (Å²) in [6.07, 6.45) is 0.0812. The van der Waals surface area contributed by atoms with E-state index in [-0.39, 0.29) is 19.4 Å². The van der Waals surface area contributed by atoms with Gasteiger partial charge < -0.3 is 24.6 Å². The number of carboxylic acid groups (broad SMARTS) is 1. The maximum Gasteiger partial charge on any atom is 0.411 e. The summed E-state index contributed by atoms with van der Waals surface area (Å²) in [6.45, 7) is 10.5. The lowest BCUT2D eigenvalue weighted by Gasteiger charge is -2.31. The van der Waals surface area contributed by atoms with Crippen LogP contribution in [-0.4, -0.2) is 69.9 Å². The number of methoxy groups -OCH3 is 1. The molecule has 2 N–H and O–H groups in total. The van der Waals surface area contributed by atoms with E-state index in [1.807, 2.05) is 54.6 Å². The topological polar surface area (TPSA) is 127 Å². The number of carbonyl (C=O) groups is 3. The van der Waals surface area contributed by atoms with Gasteiger partial charge in [-0.15, -0.1) is 6.58 Å². The number of likely N-dealkylation sites (tertiary alicyclic amines) is 1. The Bertz CT molecular complexity index is 1480. The first-order valence-corrected chi connectivity index (χ1v) is 13.8. The highest BCUT2D eigenvalue weighted by Gasteiger charge is 2.46. The van der Waals surface area contributed by atoms with Crippen LogP contribution in [0.1, 0.15) is 40.5 Å². The average Bonchev–Trinajstić information content (AvgIpc) is 3.39. The first kappa shape index (κ1) is 30.4. The number of aliphatic carboxylic acids is 1. The molecule has 1 aliphatic rings. The molecule has 4 rings (SSSR count). The van der Waals surface area contributed by atoms with Crippen molar-refractivity contribution >= 4 is 28.9 Å². The summed E-state index contributed by atoms with van der Waals surface area (Å²) < 4.78 is 17.5. The maximum absolute atomic E-state index is 13.5. The third-order valence-electron chi connectivity index (χ3n) is 7.17. The predicted octanol–water partition coefficient (Wildman–Crippen LogP) is 5.20. The third-order valence-corrected chi connectivity index (χ3v) is 7.17. The molecule has 0 saturated carbocycles. The summed E-state index contributed by atoms with van der Waals surface area (Å²) in [6, 6.07) is 15.9. The van der Waals surface area contributed by atoms with E-state index in [9.17, 15) is 19.5 Å². The Kier molecular flexibility index (Phi) is 8.75. The molecule has 1 aliphatic heterocycles. The summed E-state index contributed by atoms with van der Waals surface area (Å²) in [5, 5.41) is 13.1. The zero-order valence-electron chi connectivity index (χ0n) is 24.5. The highest BCUT2D eigenvalue weighted by molar-refractivity contribution is 5.93. The van der Waals surface area contributed by atoms with Crippen molar-refractivity contribution in [1.82, 2.24) is 15.2 Å². The van der Waals surface area contributed by atoms with E-state index in [4.69, 9.17) is 19.2 Å². The van der Waals surface area contributed by atoms with Crippen molar-refractivity contribution in [2.24, 2.45) is 0 Å². The second-order valence-electron chi connectivity index (χ2n) is 11.2. The lowest BCUT2D eigenvalue weighted by Crippen LogP contribution is -2.57. The van der Waals surface area contributed by atoms with Crippen LogP contribution >= 0.6 is 0 Å². The summed E-state index contributed by atoms with van der Waals surface area (Å²) >= 11 is 0. The van der Waals surface area contributed by atoms with Gasteiger partial charge in [-0.2, -0.15) is 0 Å². The van der Waals surface area contributed by atoms with Crippen molar-refractivity contribution in [3.63, 3.8) is 0 Å². The zero-order valence-corrected chi connectivity index (χ0v) is 24.5. The number of fused-ring (bicyclic) bond motifs is 1. The quantitative estimate of drug-likeness (QED) is 0.333. The zero-order chi connectivity index (χ0) is 30.7. The number of ether oxygens (including phenoxy) is 3. The molecule has 10 heteroatoms. The summed E-state index contributed by atoms with van der Waals surface area (Å²) in [7, 11) is 1.58. The molecule has 0 radical (unpaired) electrons. The van der Waals surface area contributed by atoms with Crippen molar-refractivity contribution < 1.29 is 33.7 Å². The van der Waals surface area contributed by atoms with Crippen LogP contribution in [0.25, 0.3) is 22.2 Å². The van der Waals surface area contributed by atoms with Crippen molar-refractivity contribution in [2.45, 2.75) is 63.8 Å². The first-order valence-electron chi connectivity index (χ1n) is 13.8. The average molecular weight is 576 g/mol. The van der Waals surface area contributed by atoms with Gasteiger partial charge in [0.1, 0.15) is 29.2 Å². The van der Waals surface area contributed by atoms with Gasteiger partial charge in [-0.25, -0.2) is 14.6 Å². The molecule has 1 saturated heterocycles. The van der Waals surface area contributed by atoms with Gasteiger partial charge in [0.05, 0.1) is 24.9 Å². The van der Waals surface area contributed by atoms with Crippen molar-refractivity contribution in [3.8, 4) is 22.8 Å². The van der Waals surface area contributed by atoms with E-state index in [0.29, 0.717) is 22.7 Å². The Morgan fingerprint density at radius 3 is 2.45 bits per heavy atom. The van der Waals surface area contributed by atoms with Crippen LogP contribution in [0.5, 0.6) is 11.5 Å². The van der Waals surface area contributed by atoms with Crippen molar-refractivity contribution in [2.75, 3.05) is 13.7 Å². The number of rotatable bonds is 9. The van der Waals surface area contributed by atoms with Crippen LogP contribution in [0.2, 0.25) is 0 Å². The minimum absolute atomic E-state index is 0.0495. The fraction of sp³-hybridized carbons (Fsp3) is 0.375. The van der Waals surface area contributed by atoms with Crippen molar-refractivity contribution in [1.29, 1.82) is 0 Å². The van der Waals surface area contributed by atoms with Gasteiger partial charge in [-0.1, -0.05) is 43.3 Å². The molecular formula is C32H37N3O7. The standard InChI is InChI=1S/C32H37N3O7/c1-7-32(8-2,29(37)38)34-28(36)26-17-22(19-35(26)30(39)42-31(3,4)5)41-27-18-24(20-12-10-9-11-13-20)33-25-16-21(40-6)14-15-23(25)27/h7,9-16,18,22,26H,1,8,17,19H2,2-6H3,(H,34,36)(H,37,38)/t22-,26+,32+/m1/s1. The van der Waals surface area contributed by atoms with Gasteiger partial charge in [0, 0.05) is 29.5 Å². The second-order valence-corrected chi connectivity index (χ2v) is 11.2. The third kappa shape index (κ3) is 6.48. The van der Waals surface area contributed by atoms with Gasteiger partial charge in [0.15, 0.2) is 5.54 Å². The smallest absolute Gasteiger partial charge is 0.411 e. The van der Waals surface area contributed by atoms with Gasteiger partial charge in [-0.3, -0.25) is 9.69 Å². The molecule has 3 atom stereocenters. The van der Waals surface area contributed by atoms with Gasteiger partial charge in [-0.05, 0) is 39.3 Å². The number of pyridine rings is 1. The summed E-state index contributed by atoms with van der Waals surface area (Å²) in [4.78, 5) is 44.9. The number of nitrogens with zero attached hydrogens (tertiary/aromatic N) is 2. The van der Waals surface area contributed by atoms with E-state index in [1.165, 1.54) is 11.0 Å². The Hall–Kier alpha value is -4.60. The van der Waals surface area contributed by atoms with Gasteiger partial charge >= 0.3 is 12.1 Å². The molecule has 3 aromatic rings. The fourth-order valence-corrected chi connectivity index (χ4v) is 4.87. The molecule has 0 unspecified atom stereocenters. The second kappa shape index (κ2) is 12.1. The maximum atomic E-state index is 13.5. The van der Waals surface area contributed by atoms with Crippen molar-refractivity contribution in [3.05, 3.63) is 67.3 Å². The Morgan fingerprint density at radius 2 is 1.86 bits per heavy atom. The van der Waals surface area contributed by atoms with E-state index >= 15 is 0 Å². The minimum Gasteiger partial charge on any atom is -0.497 e. The largest absolute Gasteiger partial charge is 0.497 e. The molecule has 1 aromatic heterocycles. The molecule has 2 amide bonds. The molecular weight excluding hydrogens is 538 g/mol. The van der Waals surface area contributed by atoms with Crippen LogP contribution in [0.4, 0.5) is 4.79 Å². The Morgan fingerprint density at radius 1 is 1.14 bits per heavy atom. The molecule has 1 fully saturated rings. The Balaban J connectivity index is 1.70. The minimum atomic E-state index is -1.68. The molecule has 42 heavy (non-hydrogen) atoms. The molecule has 0 aliphatic carbocycles. The first-order chi connectivity index (χ1) is 19.9. The highest BCUT2D eigenvalue weighted by atomic mass is 16.6. The number of aromatic nitrogens is 1. The van der Waals surface area contributed by atoms with E-state index in [0.717, 1.165) is 10.9 Å². The number of benzene rings is 2. The Labute approximate surface area is 245 Å². The molecule has 222 valence electrons. The number of hydrogen-bond donors (Lipinski definition) is 2. The van der Waals surface area contributed by atoms with E-state index < -0.39 is 41.3 Å². The normalized spacial score (nSPS) is 18.2. The van der Waals surface area contributed by atoms with Crippen LogP contribution in [0.3, 0.4) is 0 Å².